The maximum atomic E-state index is 12.0. The molecule has 6 rings (SSSR count). The van der Waals surface area contributed by atoms with Gasteiger partial charge in [-0.1, -0.05) is 80.2 Å². The summed E-state index contributed by atoms with van der Waals surface area (Å²) in [6.45, 7) is 2.13. The minimum Gasteiger partial charge on any atom is -0.457 e. The Kier molecular flexibility index (Phi) is 9.90. The van der Waals surface area contributed by atoms with Gasteiger partial charge in [0, 0.05) is 23.6 Å². The summed E-state index contributed by atoms with van der Waals surface area (Å²) in [5, 5.41) is 4.52. The van der Waals surface area contributed by atoms with Gasteiger partial charge in [-0.05, 0) is 60.5 Å². The first-order valence-corrected chi connectivity index (χ1v) is 17.4. The standard InChI is InChI=1S/C17H16N2O2S.C17H14O4S.CH4/c1-13-12-17(14-6-4-3-5-7-14)19(18-13)15-8-10-16(11-9-15)22(2,20)21;1-22(19,20)14-9-7-12(8-10-14)15-11-21-17(18)16(15)13-5-3-2-4-6-13;/h3-12H,1-2H3;2-10H,11H2,1H3;1H4. The van der Waals surface area contributed by atoms with Gasteiger partial charge in [-0.3, -0.25) is 0 Å². The smallest absolute Gasteiger partial charge is 0.339 e. The van der Waals surface area contributed by atoms with E-state index in [0.29, 0.717) is 10.5 Å². The van der Waals surface area contributed by atoms with E-state index < -0.39 is 19.7 Å². The number of hydrogen-bond acceptors (Lipinski definition) is 7. The first kappa shape index (κ1) is 33.1. The summed E-state index contributed by atoms with van der Waals surface area (Å²) in [5.74, 6) is -0.353. The van der Waals surface area contributed by atoms with Crippen molar-refractivity contribution < 1.29 is 26.4 Å². The number of esters is 1. The number of hydrogen-bond donors (Lipinski definition) is 0. The number of aryl methyl sites for hydroxylation is 1. The SMILES string of the molecule is C.CS(=O)(=O)c1ccc(C2=C(c3ccccc3)C(=O)OC2)cc1.Cc1cc(-c2ccccc2)n(-c2ccc(S(C)(=O)=O)cc2)n1. The topological polar surface area (TPSA) is 112 Å². The Hall–Kier alpha value is -4.80. The molecule has 0 bridgehead atoms. The molecule has 0 atom stereocenters. The predicted molar refractivity (Wildman–Crippen MR) is 177 cm³/mol. The number of cyclic esters (lactones) is 1. The molecule has 5 aromatic rings. The van der Waals surface area contributed by atoms with E-state index in [4.69, 9.17) is 4.74 Å². The van der Waals surface area contributed by atoms with Gasteiger partial charge < -0.3 is 4.74 Å². The van der Waals surface area contributed by atoms with Crippen LogP contribution >= 0.6 is 0 Å². The van der Waals surface area contributed by atoms with Crippen LogP contribution in [0.5, 0.6) is 0 Å². The molecular formula is C35H34N2O6S2. The summed E-state index contributed by atoms with van der Waals surface area (Å²) in [4.78, 5) is 12.6. The number of benzene rings is 4. The van der Waals surface area contributed by atoms with Gasteiger partial charge in [0.25, 0.3) is 0 Å². The fourth-order valence-corrected chi connectivity index (χ4v) is 6.04. The molecule has 0 N–H and O–H groups in total. The van der Waals surface area contributed by atoms with Crippen LogP contribution in [0.25, 0.3) is 28.1 Å². The third-order valence-corrected chi connectivity index (χ3v) is 9.21. The van der Waals surface area contributed by atoms with Crippen molar-refractivity contribution in [2.24, 2.45) is 0 Å². The van der Waals surface area contributed by atoms with Gasteiger partial charge >= 0.3 is 5.97 Å². The second-order valence-corrected chi connectivity index (χ2v) is 14.3. The predicted octanol–water partition coefficient (Wildman–Crippen LogP) is 6.45. The zero-order valence-electron chi connectivity index (χ0n) is 24.3. The average molecular weight is 643 g/mol. The van der Waals surface area contributed by atoms with Crippen molar-refractivity contribution in [3.8, 4) is 16.9 Å². The van der Waals surface area contributed by atoms with Gasteiger partial charge in [-0.15, -0.1) is 0 Å². The summed E-state index contributed by atoms with van der Waals surface area (Å²) in [5.41, 5.74) is 6.68. The molecule has 0 amide bonds. The zero-order chi connectivity index (χ0) is 31.5. The van der Waals surface area contributed by atoms with Crippen LogP contribution in [0.1, 0.15) is 24.2 Å². The molecule has 2 heterocycles. The van der Waals surface area contributed by atoms with Crippen molar-refractivity contribution in [2.45, 2.75) is 24.1 Å². The van der Waals surface area contributed by atoms with E-state index in [1.165, 1.54) is 12.5 Å². The molecule has 1 aliphatic heterocycles. The molecule has 0 saturated heterocycles. The first-order chi connectivity index (χ1) is 20.9. The molecule has 10 heteroatoms. The second-order valence-electron chi connectivity index (χ2n) is 10.3. The van der Waals surface area contributed by atoms with Gasteiger partial charge in [-0.25, -0.2) is 26.3 Å². The van der Waals surface area contributed by atoms with Crippen LogP contribution < -0.4 is 0 Å². The van der Waals surface area contributed by atoms with Crippen LogP contribution in [0, 0.1) is 6.92 Å². The molecular weight excluding hydrogens is 609 g/mol. The normalized spacial score (nSPS) is 13.0. The van der Waals surface area contributed by atoms with Crippen LogP contribution in [-0.2, 0) is 29.2 Å². The summed E-state index contributed by atoms with van der Waals surface area (Å²) in [6.07, 6.45) is 2.37. The fraction of sp³-hybridized carbons (Fsp3) is 0.143. The van der Waals surface area contributed by atoms with Gasteiger partial charge in [0.1, 0.15) is 6.61 Å². The van der Waals surface area contributed by atoms with Crippen molar-refractivity contribution in [3.63, 3.8) is 0 Å². The lowest BCUT2D eigenvalue weighted by atomic mass is 9.97. The van der Waals surface area contributed by atoms with E-state index in [-0.39, 0.29) is 24.9 Å². The Morgan fingerprint density at radius 3 is 1.67 bits per heavy atom. The highest BCUT2D eigenvalue weighted by Gasteiger charge is 2.27. The molecule has 45 heavy (non-hydrogen) atoms. The van der Waals surface area contributed by atoms with Gasteiger partial charge in [0.2, 0.25) is 0 Å². The van der Waals surface area contributed by atoms with Gasteiger partial charge in [-0.2, -0.15) is 5.10 Å². The highest BCUT2D eigenvalue weighted by molar-refractivity contribution is 7.91. The highest BCUT2D eigenvalue weighted by atomic mass is 32.2. The van der Waals surface area contributed by atoms with E-state index in [1.54, 1.807) is 48.5 Å². The third kappa shape index (κ3) is 7.65. The Bertz CT molecular complexity index is 2050. The maximum Gasteiger partial charge on any atom is 0.339 e. The van der Waals surface area contributed by atoms with Crippen molar-refractivity contribution in [3.05, 3.63) is 132 Å². The van der Waals surface area contributed by atoms with Gasteiger partial charge in [0.15, 0.2) is 19.7 Å². The molecule has 0 spiro atoms. The Morgan fingerprint density at radius 2 is 1.16 bits per heavy atom. The molecule has 0 aliphatic carbocycles. The third-order valence-electron chi connectivity index (χ3n) is 6.96. The largest absolute Gasteiger partial charge is 0.457 e. The minimum atomic E-state index is -3.23. The minimum absolute atomic E-state index is 0. The van der Waals surface area contributed by atoms with Crippen LogP contribution in [0.3, 0.4) is 0 Å². The molecule has 0 radical (unpaired) electrons. The van der Waals surface area contributed by atoms with E-state index in [9.17, 15) is 21.6 Å². The van der Waals surface area contributed by atoms with E-state index >= 15 is 0 Å². The molecule has 1 aromatic heterocycles. The molecule has 1 aliphatic rings. The Labute approximate surface area is 264 Å². The number of aromatic nitrogens is 2. The average Bonchev–Trinajstić information content (AvgIpc) is 3.60. The lowest BCUT2D eigenvalue weighted by Gasteiger charge is -2.08. The quantitative estimate of drug-likeness (QED) is 0.196. The number of carbonyl (C=O) groups is 1. The fourth-order valence-electron chi connectivity index (χ4n) is 4.78. The summed E-state index contributed by atoms with van der Waals surface area (Å²) >= 11 is 0. The number of rotatable bonds is 6. The lowest BCUT2D eigenvalue weighted by Crippen LogP contribution is -2.01. The van der Waals surface area contributed by atoms with Crippen LogP contribution in [0.4, 0.5) is 0 Å². The number of nitrogens with zero attached hydrogens (tertiary/aromatic N) is 2. The Balaban J connectivity index is 0.000000200. The molecule has 0 saturated carbocycles. The number of carbonyl (C=O) groups excluding carboxylic acids is 1. The molecule has 0 unspecified atom stereocenters. The number of ether oxygens (including phenoxy) is 1. The molecule has 8 nitrogen and oxygen atoms in total. The zero-order valence-corrected chi connectivity index (χ0v) is 26.0. The molecule has 4 aromatic carbocycles. The van der Waals surface area contributed by atoms with Crippen LogP contribution in [0.2, 0.25) is 0 Å². The van der Waals surface area contributed by atoms with Crippen LogP contribution in [0.15, 0.2) is 125 Å². The first-order valence-electron chi connectivity index (χ1n) is 13.6. The van der Waals surface area contributed by atoms with Crippen molar-refractivity contribution in [1.29, 1.82) is 0 Å². The monoisotopic (exact) mass is 642 g/mol. The van der Waals surface area contributed by atoms with Crippen LogP contribution in [-0.4, -0.2) is 51.7 Å². The highest BCUT2D eigenvalue weighted by Crippen LogP contribution is 2.33. The lowest BCUT2D eigenvalue weighted by molar-refractivity contribution is -0.133. The van der Waals surface area contributed by atoms with E-state index in [2.05, 4.69) is 5.10 Å². The van der Waals surface area contributed by atoms with Gasteiger partial charge in [0.05, 0.1) is 32.4 Å². The number of sulfone groups is 2. The van der Waals surface area contributed by atoms with E-state index in [1.807, 2.05) is 78.3 Å². The van der Waals surface area contributed by atoms with Crippen molar-refractivity contribution in [2.75, 3.05) is 19.1 Å². The summed E-state index contributed by atoms with van der Waals surface area (Å²) < 4.78 is 53.1. The molecule has 0 fully saturated rings. The maximum absolute atomic E-state index is 12.0. The summed E-state index contributed by atoms with van der Waals surface area (Å²) in [7, 11) is -6.42. The van der Waals surface area contributed by atoms with Crippen molar-refractivity contribution in [1.82, 2.24) is 9.78 Å². The van der Waals surface area contributed by atoms with Crippen molar-refractivity contribution >= 4 is 36.8 Å². The Morgan fingerprint density at radius 1 is 0.667 bits per heavy atom. The van der Waals surface area contributed by atoms with E-state index in [0.717, 1.165) is 39.3 Å². The summed E-state index contributed by atoms with van der Waals surface area (Å²) in [6, 6.07) is 34.6. The second kappa shape index (κ2) is 13.5. The molecule has 232 valence electrons.